The molecule has 1 aromatic carbocycles. The van der Waals surface area contributed by atoms with E-state index in [0.29, 0.717) is 6.04 Å². The first-order chi connectivity index (χ1) is 8.99. The maximum Gasteiger partial charge on any atom is 0.124 e. The number of hydrogen-bond donors (Lipinski definition) is 2. The fourth-order valence-electron chi connectivity index (χ4n) is 2.75. The molecule has 0 aliphatic carbocycles. The summed E-state index contributed by atoms with van der Waals surface area (Å²) in [4.78, 5) is 4.67. The first-order valence-electron chi connectivity index (χ1n) is 6.85. The minimum absolute atomic E-state index is 0.157. The highest BCUT2D eigenvalue weighted by molar-refractivity contribution is 6.00. The summed E-state index contributed by atoms with van der Waals surface area (Å²) in [7, 11) is 4.29. The Morgan fingerprint density at radius 2 is 1.95 bits per heavy atom. The maximum atomic E-state index is 7.72. The molecule has 1 fully saturated rings. The molecule has 0 saturated carbocycles. The number of aryl methyl sites for hydroxylation is 1. The number of rotatable bonds is 3. The van der Waals surface area contributed by atoms with Gasteiger partial charge in [-0.15, -0.1) is 0 Å². The van der Waals surface area contributed by atoms with E-state index in [9.17, 15) is 0 Å². The Bertz CT molecular complexity index is 459. The molecule has 0 radical (unpaired) electrons. The highest BCUT2D eigenvalue weighted by Crippen LogP contribution is 2.26. The van der Waals surface area contributed by atoms with Gasteiger partial charge in [0.25, 0.3) is 0 Å². The van der Waals surface area contributed by atoms with Crippen molar-refractivity contribution in [2.24, 2.45) is 5.73 Å². The average molecular weight is 260 g/mol. The lowest BCUT2D eigenvalue weighted by molar-refractivity contribution is 0.249. The summed E-state index contributed by atoms with van der Waals surface area (Å²) in [5.41, 5.74) is 8.88. The Hall–Kier alpha value is -1.55. The number of nitrogens with one attached hydrogen (secondary N) is 1. The number of nitrogen functional groups attached to an aromatic ring is 1. The summed E-state index contributed by atoms with van der Waals surface area (Å²) in [6.45, 7) is 4.15. The van der Waals surface area contributed by atoms with Crippen LogP contribution < -0.4 is 10.6 Å². The van der Waals surface area contributed by atoms with Gasteiger partial charge in [0, 0.05) is 30.4 Å². The molecule has 4 nitrogen and oxygen atoms in total. The topological polar surface area (TPSA) is 56.4 Å². The van der Waals surface area contributed by atoms with Gasteiger partial charge >= 0.3 is 0 Å². The Balaban J connectivity index is 2.19. The van der Waals surface area contributed by atoms with Crippen molar-refractivity contribution in [1.29, 1.82) is 5.41 Å². The zero-order valence-electron chi connectivity index (χ0n) is 12.1. The lowest BCUT2D eigenvalue weighted by Gasteiger charge is -2.37. The second kappa shape index (κ2) is 5.61. The average Bonchev–Trinajstić information content (AvgIpc) is 2.38. The molecular formula is C15H24N4. The van der Waals surface area contributed by atoms with Crippen LogP contribution in [0.15, 0.2) is 18.2 Å². The zero-order valence-corrected chi connectivity index (χ0v) is 12.1. The first kappa shape index (κ1) is 13.9. The van der Waals surface area contributed by atoms with Crippen molar-refractivity contribution in [2.75, 3.05) is 32.1 Å². The van der Waals surface area contributed by atoms with Gasteiger partial charge in [0.2, 0.25) is 0 Å². The second-order valence-electron chi connectivity index (χ2n) is 5.62. The molecule has 1 aliphatic rings. The monoisotopic (exact) mass is 260 g/mol. The van der Waals surface area contributed by atoms with Crippen LogP contribution in [0.1, 0.15) is 24.0 Å². The van der Waals surface area contributed by atoms with E-state index in [1.807, 2.05) is 12.1 Å². The predicted octanol–water partition coefficient (Wildman–Crippen LogP) is 1.81. The van der Waals surface area contributed by atoms with Crippen LogP contribution in [0.4, 0.5) is 5.69 Å². The van der Waals surface area contributed by atoms with Crippen LogP contribution in [0.25, 0.3) is 0 Å². The molecule has 0 spiro atoms. The molecule has 1 aromatic rings. The Kier molecular flexibility index (Phi) is 4.10. The molecular weight excluding hydrogens is 236 g/mol. The van der Waals surface area contributed by atoms with Crippen LogP contribution in [0.2, 0.25) is 0 Å². The third-order valence-electron chi connectivity index (χ3n) is 3.98. The van der Waals surface area contributed by atoms with Gasteiger partial charge < -0.3 is 15.5 Å². The van der Waals surface area contributed by atoms with E-state index in [1.165, 1.54) is 5.56 Å². The standard InChI is InChI=1S/C15H24N4/c1-11-4-5-13(15(16)17)14(10-11)19-8-6-12(7-9-19)18(2)3/h4-5,10,12H,6-9H2,1-3H3,(H3,16,17). The third kappa shape index (κ3) is 3.07. The van der Waals surface area contributed by atoms with E-state index in [2.05, 4.69) is 36.9 Å². The fourth-order valence-corrected chi connectivity index (χ4v) is 2.75. The molecule has 0 bridgehead atoms. The fraction of sp³-hybridized carbons (Fsp3) is 0.533. The van der Waals surface area contributed by atoms with Gasteiger partial charge in [0.1, 0.15) is 5.84 Å². The van der Waals surface area contributed by atoms with Crippen molar-refractivity contribution >= 4 is 11.5 Å². The van der Waals surface area contributed by atoms with Crippen LogP contribution in [0.3, 0.4) is 0 Å². The molecule has 4 heteroatoms. The Labute approximate surface area is 115 Å². The third-order valence-corrected chi connectivity index (χ3v) is 3.98. The minimum atomic E-state index is 0.157. The highest BCUT2D eigenvalue weighted by Gasteiger charge is 2.22. The molecule has 2 rings (SSSR count). The number of piperidine rings is 1. The largest absolute Gasteiger partial charge is 0.384 e. The molecule has 1 heterocycles. The predicted molar refractivity (Wildman–Crippen MR) is 81.1 cm³/mol. The molecule has 0 aromatic heterocycles. The first-order valence-corrected chi connectivity index (χ1v) is 6.85. The van der Waals surface area contributed by atoms with Gasteiger partial charge in [-0.3, -0.25) is 5.41 Å². The van der Waals surface area contributed by atoms with Gasteiger partial charge in [-0.1, -0.05) is 6.07 Å². The summed E-state index contributed by atoms with van der Waals surface area (Å²) < 4.78 is 0. The molecule has 104 valence electrons. The van der Waals surface area contributed by atoms with Gasteiger partial charge in [0.15, 0.2) is 0 Å². The Morgan fingerprint density at radius 3 is 2.47 bits per heavy atom. The quantitative estimate of drug-likeness (QED) is 0.644. The van der Waals surface area contributed by atoms with Gasteiger partial charge in [-0.25, -0.2) is 0 Å². The van der Waals surface area contributed by atoms with E-state index >= 15 is 0 Å². The van der Waals surface area contributed by atoms with Gasteiger partial charge in [-0.2, -0.15) is 0 Å². The maximum absolute atomic E-state index is 7.72. The number of anilines is 1. The van der Waals surface area contributed by atoms with Crippen molar-refractivity contribution < 1.29 is 0 Å². The van der Waals surface area contributed by atoms with E-state index in [1.54, 1.807) is 0 Å². The molecule has 19 heavy (non-hydrogen) atoms. The second-order valence-corrected chi connectivity index (χ2v) is 5.62. The van der Waals surface area contributed by atoms with Crippen LogP contribution in [-0.2, 0) is 0 Å². The number of benzene rings is 1. The van der Waals surface area contributed by atoms with Crippen LogP contribution in [-0.4, -0.2) is 44.0 Å². The highest BCUT2D eigenvalue weighted by atomic mass is 15.2. The lowest BCUT2D eigenvalue weighted by Crippen LogP contribution is -2.42. The molecule has 1 aliphatic heterocycles. The molecule has 0 amide bonds. The van der Waals surface area contributed by atoms with Gasteiger partial charge in [0.05, 0.1) is 0 Å². The summed E-state index contributed by atoms with van der Waals surface area (Å²) in [5.74, 6) is 0.157. The van der Waals surface area contributed by atoms with Crippen molar-refractivity contribution in [3.63, 3.8) is 0 Å². The molecule has 0 unspecified atom stereocenters. The summed E-state index contributed by atoms with van der Waals surface area (Å²) >= 11 is 0. The number of hydrogen-bond acceptors (Lipinski definition) is 3. The van der Waals surface area contributed by atoms with Crippen molar-refractivity contribution in [3.8, 4) is 0 Å². The molecule has 1 saturated heterocycles. The van der Waals surface area contributed by atoms with E-state index in [0.717, 1.165) is 37.2 Å². The smallest absolute Gasteiger partial charge is 0.124 e. The zero-order chi connectivity index (χ0) is 14.0. The molecule has 0 atom stereocenters. The number of nitrogens with two attached hydrogens (primary N) is 1. The normalized spacial score (nSPS) is 16.9. The van der Waals surface area contributed by atoms with E-state index in [-0.39, 0.29) is 5.84 Å². The number of nitrogens with zero attached hydrogens (tertiary/aromatic N) is 2. The number of amidine groups is 1. The minimum Gasteiger partial charge on any atom is -0.384 e. The summed E-state index contributed by atoms with van der Waals surface area (Å²) in [6.07, 6.45) is 2.33. The summed E-state index contributed by atoms with van der Waals surface area (Å²) in [6, 6.07) is 6.80. The van der Waals surface area contributed by atoms with Crippen molar-refractivity contribution in [3.05, 3.63) is 29.3 Å². The van der Waals surface area contributed by atoms with Crippen LogP contribution in [0.5, 0.6) is 0 Å². The van der Waals surface area contributed by atoms with Crippen molar-refractivity contribution in [2.45, 2.75) is 25.8 Å². The van der Waals surface area contributed by atoms with Crippen LogP contribution >= 0.6 is 0 Å². The lowest BCUT2D eigenvalue weighted by atomic mass is 10.0. The Morgan fingerprint density at radius 1 is 1.32 bits per heavy atom. The SMILES string of the molecule is Cc1ccc(C(=N)N)c(N2CCC(N(C)C)CC2)c1. The summed E-state index contributed by atoms with van der Waals surface area (Å²) in [5, 5.41) is 7.72. The molecule has 3 N–H and O–H groups in total. The van der Waals surface area contributed by atoms with E-state index in [4.69, 9.17) is 11.1 Å². The van der Waals surface area contributed by atoms with Crippen LogP contribution in [0, 0.1) is 12.3 Å². The van der Waals surface area contributed by atoms with Crippen molar-refractivity contribution in [1.82, 2.24) is 4.90 Å². The van der Waals surface area contributed by atoms with Gasteiger partial charge in [-0.05, 0) is 51.6 Å². The van der Waals surface area contributed by atoms with E-state index < -0.39 is 0 Å².